The van der Waals surface area contributed by atoms with E-state index in [2.05, 4.69) is 10.6 Å². The summed E-state index contributed by atoms with van der Waals surface area (Å²) in [6, 6.07) is 16.6. The first-order valence-corrected chi connectivity index (χ1v) is 11.1. The molecule has 0 bridgehead atoms. The van der Waals surface area contributed by atoms with Gasteiger partial charge in [-0.1, -0.05) is 24.3 Å². The largest absolute Gasteiger partial charge is 0.493 e. The number of benzene rings is 2. The van der Waals surface area contributed by atoms with Gasteiger partial charge in [0.1, 0.15) is 5.70 Å². The fraction of sp³-hybridized carbons (Fsp3) is 0.185. The average Bonchev–Trinajstić information content (AvgIpc) is 3.52. The maximum atomic E-state index is 13.1. The van der Waals surface area contributed by atoms with Crippen LogP contribution in [-0.4, -0.2) is 37.1 Å². The Kier molecular flexibility index (Phi) is 7.21. The van der Waals surface area contributed by atoms with E-state index >= 15 is 0 Å². The van der Waals surface area contributed by atoms with Crippen LogP contribution in [0, 0.1) is 0 Å². The number of carbonyl (C=O) groups excluding carboxylic acids is 2. The number of hydrogen-bond acceptors (Lipinski definition) is 5. The lowest BCUT2D eigenvalue weighted by Crippen LogP contribution is -2.35. The van der Waals surface area contributed by atoms with E-state index in [1.54, 1.807) is 32.4 Å². The fourth-order valence-corrected chi connectivity index (χ4v) is 3.85. The minimum absolute atomic E-state index is 0.118. The molecular formula is C27H27N3O5. The van der Waals surface area contributed by atoms with Crippen LogP contribution in [0.5, 0.6) is 11.5 Å². The summed E-state index contributed by atoms with van der Waals surface area (Å²) in [6.07, 6.45) is 5.57. The van der Waals surface area contributed by atoms with Gasteiger partial charge < -0.3 is 29.1 Å². The summed E-state index contributed by atoms with van der Waals surface area (Å²) in [7, 11) is 5.10. The van der Waals surface area contributed by atoms with E-state index in [4.69, 9.17) is 13.9 Å². The second kappa shape index (κ2) is 10.6. The number of aryl methyl sites for hydroxylation is 1. The van der Waals surface area contributed by atoms with Crippen molar-refractivity contribution in [1.29, 1.82) is 0 Å². The van der Waals surface area contributed by atoms with Crippen LogP contribution in [-0.2, 0) is 18.3 Å². The van der Waals surface area contributed by atoms with E-state index in [0.717, 1.165) is 22.0 Å². The summed E-state index contributed by atoms with van der Waals surface area (Å²) in [5, 5.41) is 6.56. The molecule has 0 atom stereocenters. The van der Waals surface area contributed by atoms with E-state index in [1.165, 1.54) is 6.26 Å². The molecule has 0 saturated heterocycles. The zero-order chi connectivity index (χ0) is 24.8. The number of fused-ring (bicyclic) bond motifs is 1. The van der Waals surface area contributed by atoms with Gasteiger partial charge in [0.15, 0.2) is 17.3 Å². The second-order valence-electron chi connectivity index (χ2n) is 7.90. The van der Waals surface area contributed by atoms with E-state index < -0.39 is 11.8 Å². The van der Waals surface area contributed by atoms with Gasteiger partial charge in [0.25, 0.3) is 11.8 Å². The molecule has 0 fully saturated rings. The zero-order valence-electron chi connectivity index (χ0n) is 19.8. The van der Waals surface area contributed by atoms with Crippen LogP contribution in [0.3, 0.4) is 0 Å². The molecule has 8 heteroatoms. The Balaban J connectivity index is 1.54. The molecule has 0 aliphatic carbocycles. The van der Waals surface area contributed by atoms with Gasteiger partial charge in [-0.05, 0) is 48.4 Å². The van der Waals surface area contributed by atoms with Crippen LogP contribution in [0.1, 0.15) is 21.7 Å². The molecule has 0 aliphatic rings. The number of rotatable bonds is 9. The third kappa shape index (κ3) is 5.38. The van der Waals surface area contributed by atoms with E-state index in [1.807, 2.05) is 60.3 Å². The minimum Gasteiger partial charge on any atom is -0.493 e. The Morgan fingerprint density at radius 3 is 2.57 bits per heavy atom. The molecule has 4 rings (SSSR count). The molecule has 0 radical (unpaired) electrons. The standard InChI is InChI=1S/C27H27N3O5/c1-30-17-19(20-7-4-5-8-22(20)30)16-21(29-27(32)24-9-6-14-35-24)26(31)28-13-12-18-10-11-23(33-2)25(15-18)34-3/h4-11,14-17H,12-13H2,1-3H3,(H,28,31)(H,29,32). The number of methoxy groups -OCH3 is 2. The number of furan rings is 1. The quantitative estimate of drug-likeness (QED) is 0.360. The summed E-state index contributed by atoms with van der Waals surface area (Å²) >= 11 is 0. The van der Waals surface area contributed by atoms with Gasteiger partial charge in [0, 0.05) is 36.3 Å². The van der Waals surface area contributed by atoms with Crippen LogP contribution in [0.4, 0.5) is 0 Å². The Bertz CT molecular complexity index is 1370. The van der Waals surface area contributed by atoms with Gasteiger partial charge in [-0.25, -0.2) is 0 Å². The number of nitrogens with one attached hydrogen (secondary N) is 2. The van der Waals surface area contributed by atoms with Crippen molar-refractivity contribution in [2.24, 2.45) is 7.05 Å². The number of para-hydroxylation sites is 1. The molecule has 2 aromatic heterocycles. The fourth-order valence-electron chi connectivity index (χ4n) is 3.85. The van der Waals surface area contributed by atoms with Gasteiger partial charge in [-0.15, -0.1) is 0 Å². The highest BCUT2D eigenvalue weighted by atomic mass is 16.5. The number of ether oxygens (including phenoxy) is 2. The van der Waals surface area contributed by atoms with Gasteiger partial charge in [-0.2, -0.15) is 0 Å². The van der Waals surface area contributed by atoms with Gasteiger partial charge >= 0.3 is 0 Å². The summed E-state index contributed by atoms with van der Waals surface area (Å²) in [5.41, 5.74) is 2.93. The molecule has 8 nitrogen and oxygen atoms in total. The summed E-state index contributed by atoms with van der Waals surface area (Å²) in [6.45, 7) is 0.359. The lowest BCUT2D eigenvalue weighted by Gasteiger charge is -2.12. The smallest absolute Gasteiger partial charge is 0.291 e. The third-order valence-corrected chi connectivity index (χ3v) is 5.61. The van der Waals surface area contributed by atoms with Crippen molar-refractivity contribution in [2.75, 3.05) is 20.8 Å². The molecule has 2 aromatic carbocycles. The maximum Gasteiger partial charge on any atom is 0.291 e. The molecule has 0 spiro atoms. The second-order valence-corrected chi connectivity index (χ2v) is 7.90. The Labute approximate surface area is 203 Å². The first-order chi connectivity index (χ1) is 17.0. The topological polar surface area (TPSA) is 94.7 Å². The number of carbonyl (C=O) groups is 2. The predicted molar refractivity (Wildman–Crippen MR) is 133 cm³/mol. The molecule has 0 unspecified atom stereocenters. The van der Waals surface area contributed by atoms with E-state index in [-0.39, 0.29) is 11.5 Å². The average molecular weight is 474 g/mol. The molecule has 4 aromatic rings. The predicted octanol–water partition coefficient (Wildman–Crippen LogP) is 3.92. The number of aromatic nitrogens is 1. The normalized spacial score (nSPS) is 11.3. The van der Waals surface area contributed by atoms with E-state index in [0.29, 0.717) is 24.5 Å². The lowest BCUT2D eigenvalue weighted by molar-refractivity contribution is -0.117. The highest BCUT2D eigenvalue weighted by Gasteiger charge is 2.17. The maximum absolute atomic E-state index is 13.1. The number of hydrogen-bond donors (Lipinski definition) is 2. The minimum atomic E-state index is -0.503. The highest BCUT2D eigenvalue weighted by Crippen LogP contribution is 2.27. The Morgan fingerprint density at radius 2 is 1.83 bits per heavy atom. The monoisotopic (exact) mass is 473 g/mol. The molecule has 0 aliphatic heterocycles. The molecule has 0 saturated carbocycles. The SMILES string of the molecule is COc1ccc(CCNC(=O)C(=Cc2cn(C)c3ccccc23)NC(=O)c2ccco2)cc1OC. The summed E-state index contributed by atoms with van der Waals surface area (Å²) < 4.78 is 17.8. The van der Waals surface area contributed by atoms with Crippen LogP contribution < -0.4 is 20.1 Å². The molecule has 2 heterocycles. The van der Waals surface area contributed by atoms with Crippen molar-refractivity contribution >= 4 is 28.8 Å². The van der Waals surface area contributed by atoms with Crippen molar-refractivity contribution in [3.05, 3.63) is 89.6 Å². The third-order valence-electron chi connectivity index (χ3n) is 5.61. The van der Waals surface area contributed by atoms with Crippen LogP contribution in [0.2, 0.25) is 0 Å². The molecule has 2 amide bonds. The van der Waals surface area contributed by atoms with Crippen molar-refractivity contribution in [3.63, 3.8) is 0 Å². The van der Waals surface area contributed by atoms with Crippen LogP contribution >= 0.6 is 0 Å². The van der Waals surface area contributed by atoms with Gasteiger partial charge in [0.05, 0.1) is 20.5 Å². The summed E-state index contributed by atoms with van der Waals surface area (Å²) in [5.74, 6) is 0.474. The van der Waals surface area contributed by atoms with E-state index in [9.17, 15) is 9.59 Å². The Morgan fingerprint density at radius 1 is 1.03 bits per heavy atom. The number of amides is 2. The van der Waals surface area contributed by atoms with Crippen molar-refractivity contribution in [1.82, 2.24) is 15.2 Å². The van der Waals surface area contributed by atoms with Crippen molar-refractivity contribution in [3.8, 4) is 11.5 Å². The zero-order valence-corrected chi connectivity index (χ0v) is 19.8. The van der Waals surface area contributed by atoms with Crippen molar-refractivity contribution in [2.45, 2.75) is 6.42 Å². The first-order valence-electron chi connectivity index (χ1n) is 11.1. The molecule has 180 valence electrons. The lowest BCUT2D eigenvalue weighted by atomic mass is 10.1. The first kappa shape index (κ1) is 23.7. The van der Waals surface area contributed by atoms with Gasteiger partial charge in [0.2, 0.25) is 0 Å². The highest BCUT2D eigenvalue weighted by molar-refractivity contribution is 6.05. The number of nitrogens with zero attached hydrogens (tertiary/aromatic N) is 1. The van der Waals surface area contributed by atoms with Crippen LogP contribution in [0.15, 0.2) is 77.2 Å². The van der Waals surface area contributed by atoms with Crippen molar-refractivity contribution < 1.29 is 23.5 Å². The molecule has 35 heavy (non-hydrogen) atoms. The molecular weight excluding hydrogens is 446 g/mol. The summed E-state index contributed by atoms with van der Waals surface area (Å²) in [4.78, 5) is 25.8. The molecule has 2 N–H and O–H groups in total. The van der Waals surface area contributed by atoms with Crippen LogP contribution in [0.25, 0.3) is 17.0 Å². The Hall–Kier alpha value is -4.46. The van der Waals surface area contributed by atoms with Gasteiger partial charge in [-0.3, -0.25) is 9.59 Å².